The maximum Gasteiger partial charge on any atom is 0.264 e. The first kappa shape index (κ1) is 14.0. The normalized spacial score (nSPS) is 11.9. The summed E-state index contributed by atoms with van der Waals surface area (Å²) in [6, 6.07) is 9.98. The third-order valence-corrected chi connectivity index (χ3v) is 2.82. The van der Waals surface area contributed by atoms with E-state index in [9.17, 15) is 14.7 Å². The number of benzene rings is 1. The van der Waals surface area contributed by atoms with Crippen LogP contribution >= 0.6 is 0 Å². The molecule has 6 nitrogen and oxygen atoms in total. The van der Waals surface area contributed by atoms with Crippen LogP contribution < -0.4 is 10.9 Å². The molecule has 3 N–H and O–H groups in total. The van der Waals surface area contributed by atoms with Crippen LogP contribution in [-0.2, 0) is 4.79 Å². The molecule has 0 aliphatic heterocycles. The molecule has 2 rings (SSSR count). The van der Waals surface area contributed by atoms with E-state index in [4.69, 9.17) is 0 Å². The molecule has 0 bridgehead atoms. The molecule has 6 heteroatoms. The fourth-order valence-corrected chi connectivity index (χ4v) is 1.64. The summed E-state index contributed by atoms with van der Waals surface area (Å²) in [4.78, 5) is 22.5. The number of hydrogen-bond donors (Lipinski definition) is 3. The highest BCUT2D eigenvalue weighted by Gasteiger charge is 2.12. The van der Waals surface area contributed by atoms with Gasteiger partial charge in [0, 0.05) is 17.3 Å². The zero-order valence-corrected chi connectivity index (χ0v) is 11.0. The smallest absolute Gasteiger partial charge is 0.264 e. The molecule has 1 aromatic carbocycles. The Labute approximate surface area is 115 Å². The summed E-state index contributed by atoms with van der Waals surface area (Å²) in [5.41, 5.74) is 1.79. The highest BCUT2D eigenvalue weighted by molar-refractivity contribution is 5.94. The van der Waals surface area contributed by atoms with Crippen molar-refractivity contribution in [3.05, 3.63) is 46.8 Å². The van der Waals surface area contributed by atoms with Crippen LogP contribution in [0, 0.1) is 0 Å². The Kier molecular flexibility index (Phi) is 4.27. The van der Waals surface area contributed by atoms with Crippen LogP contribution in [0.4, 0.5) is 5.69 Å². The molecule has 0 fully saturated rings. The lowest BCUT2D eigenvalue weighted by Gasteiger charge is -2.09. The number of aromatic amines is 1. The summed E-state index contributed by atoms with van der Waals surface area (Å²) in [5.74, 6) is -0.428. The topological polar surface area (TPSA) is 95.1 Å². The summed E-state index contributed by atoms with van der Waals surface area (Å²) >= 11 is 0. The lowest BCUT2D eigenvalue weighted by Crippen LogP contribution is -2.26. The minimum absolute atomic E-state index is 0.258. The number of carbonyl (C=O) groups excluding carboxylic acids is 1. The number of nitrogens with zero attached hydrogens (tertiary/aromatic N) is 1. The van der Waals surface area contributed by atoms with Crippen LogP contribution in [0.5, 0.6) is 0 Å². The molecule has 1 amide bonds. The molecule has 20 heavy (non-hydrogen) atoms. The summed E-state index contributed by atoms with van der Waals surface area (Å²) in [7, 11) is 0. The SMILES string of the molecule is CCC(O)C(=O)Nc1ccc(-c2ccc(=O)[nH]n2)cc1. The molecule has 104 valence electrons. The molecule has 0 aliphatic carbocycles. The van der Waals surface area contributed by atoms with E-state index in [1.165, 1.54) is 6.07 Å². The molecule has 0 radical (unpaired) electrons. The third-order valence-electron chi connectivity index (χ3n) is 2.82. The first-order valence-corrected chi connectivity index (χ1v) is 6.25. The van der Waals surface area contributed by atoms with E-state index in [2.05, 4.69) is 15.5 Å². The van der Waals surface area contributed by atoms with Crippen LogP contribution in [0.2, 0.25) is 0 Å². The van der Waals surface area contributed by atoms with Crippen LogP contribution in [0.1, 0.15) is 13.3 Å². The summed E-state index contributed by atoms with van der Waals surface area (Å²) in [6.45, 7) is 1.73. The predicted molar refractivity (Wildman–Crippen MR) is 75.2 cm³/mol. The van der Waals surface area contributed by atoms with Crippen molar-refractivity contribution < 1.29 is 9.90 Å². The minimum atomic E-state index is -1.00. The average Bonchev–Trinajstić information content (AvgIpc) is 2.48. The number of amides is 1. The molecule has 0 saturated heterocycles. The second-order valence-corrected chi connectivity index (χ2v) is 4.30. The number of nitrogens with one attached hydrogen (secondary N) is 2. The predicted octanol–water partition coefficient (Wildman–Crippen LogP) is 1.15. The standard InChI is InChI=1S/C14H15N3O3/c1-2-12(18)14(20)15-10-5-3-9(4-6-10)11-7-8-13(19)17-16-11/h3-8,12,18H,2H2,1H3,(H,15,20)(H,17,19). The molecule has 1 aromatic heterocycles. The van der Waals surface area contributed by atoms with E-state index in [-0.39, 0.29) is 5.56 Å². The van der Waals surface area contributed by atoms with Crippen molar-refractivity contribution >= 4 is 11.6 Å². The van der Waals surface area contributed by atoms with E-state index < -0.39 is 12.0 Å². The number of aliphatic hydroxyl groups excluding tert-OH is 1. The second-order valence-electron chi connectivity index (χ2n) is 4.30. The number of aromatic nitrogens is 2. The summed E-state index contributed by atoms with van der Waals surface area (Å²) in [6.07, 6.45) is -0.638. The Bertz CT molecular complexity index is 629. The van der Waals surface area contributed by atoms with Gasteiger partial charge in [-0.25, -0.2) is 5.10 Å². The minimum Gasteiger partial charge on any atom is -0.383 e. The van der Waals surface area contributed by atoms with Gasteiger partial charge in [-0.3, -0.25) is 9.59 Å². The van der Waals surface area contributed by atoms with E-state index in [0.717, 1.165) is 5.56 Å². The van der Waals surface area contributed by atoms with Crippen molar-refractivity contribution in [1.29, 1.82) is 0 Å². The monoisotopic (exact) mass is 273 g/mol. The average molecular weight is 273 g/mol. The highest BCUT2D eigenvalue weighted by Crippen LogP contribution is 2.18. The van der Waals surface area contributed by atoms with Gasteiger partial charge in [0.2, 0.25) is 0 Å². The molecule has 2 aromatic rings. The largest absolute Gasteiger partial charge is 0.383 e. The first-order valence-electron chi connectivity index (χ1n) is 6.25. The van der Waals surface area contributed by atoms with Gasteiger partial charge in [-0.15, -0.1) is 0 Å². The maximum absolute atomic E-state index is 11.5. The van der Waals surface area contributed by atoms with Crippen LogP contribution in [0.15, 0.2) is 41.2 Å². The number of H-pyrrole nitrogens is 1. The van der Waals surface area contributed by atoms with Gasteiger partial charge in [-0.1, -0.05) is 19.1 Å². The fraction of sp³-hybridized carbons (Fsp3) is 0.214. The Morgan fingerprint density at radius 3 is 2.55 bits per heavy atom. The van der Waals surface area contributed by atoms with Crippen LogP contribution in [0.25, 0.3) is 11.3 Å². The number of rotatable bonds is 4. The molecular weight excluding hydrogens is 258 g/mol. The van der Waals surface area contributed by atoms with Crippen LogP contribution in [-0.4, -0.2) is 27.3 Å². The van der Waals surface area contributed by atoms with Gasteiger partial charge in [0.1, 0.15) is 6.10 Å². The van der Waals surface area contributed by atoms with Crippen molar-refractivity contribution in [2.24, 2.45) is 0 Å². The first-order chi connectivity index (χ1) is 9.60. The summed E-state index contributed by atoms with van der Waals surface area (Å²) in [5, 5.41) is 18.3. The number of aliphatic hydroxyl groups is 1. The Morgan fingerprint density at radius 1 is 1.30 bits per heavy atom. The van der Waals surface area contributed by atoms with E-state index in [0.29, 0.717) is 17.8 Å². The van der Waals surface area contributed by atoms with Gasteiger partial charge in [0.25, 0.3) is 11.5 Å². The Hall–Kier alpha value is -2.47. The molecule has 1 atom stereocenters. The summed E-state index contributed by atoms with van der Waals surface area (Å²) < 4.78 is 0. The zero-order valence-electron chi connectivity index (χ0n) is 11.0. The lowest BCUT2D eigenvalue weighted by atomic mass is 10.1. The fourth-order valence-electron chi connectivity index (χ4n) is 1.64. The van der Waals surface area contributed by atoms with Crippen molar-refractivity contribution in [2.75, 3.05) is 5.32 Å². The number of anilines is 1. The second kappa shape index (κ2) is 6.12. The van der Waals surface area contributed by atoms with Crippen molar-refractivity contribution in [3.63, 3.8) is 0 Å². The lowest BCUT2D eigenvalue weighted by molar-refractivity contribution is -0.124. The van der Waals surface area contributed by atoms with Crippen molar-refractivity contribution in [3.8, 4) is 11.3 Å². The third kappa shape index (κ3) is 3.30. The van der Waals surface area contributed by atoms with Gasteiger partial charge in [0.05, 0.1) is 5.69 Å². The van der Waals surface area contributed by atoms with Crippen LogP contribution in [0.3, 0.4) is 0 Å². The van der Waals surface area contributed by atoms with E-state index in [1.807, 2.05) is 0 Å². The number of carbonyl (C=O) groups is 1. The molecular formula is C14H15N3O3. The van der Waals surface area contributed by atoms with E-state index >= 15 is 0 Å². The van der Waals surface area contributed by atoms with Gasteiger partial charge in [0.15, 0.2) is 0 Å². The highest BCUT2D eigenvalue weighted by atomic mass is 16.3. The Morgan fingerprint density at radius 2 is 2.00 bits per heavy atom. The quantitative estimate of drug-likeness (QED) is 0.778. The molecule has 0 spiro atoms. The zero-order chi connectivity index (χ0) is 14.5. The Balaban J connectivity index is 2.12. The van der Waals surface area contributed by atoms with Gasteiger partial charge >= 0.3 is 0 Å². The number of hydrogen-bond acceptors (Lipinski definition) is 4. The molecule has 0 saturated carbocycles. The van der Waals surface area contributed by atoms with Crippen molar-refractivity contribution in [2.45, 2.75) is 19.4 Å². The van der Waals surface area contributed by atoms with Gasteiger partial charge in [-0.05, 0) is 24.6 Å². The van der Waals surface area contributed by atoms with Crippen molar-refractivity contribution in [1.82, 2.24) is 10.2 Å². The van der Waals surface area contributed by atoms with E-state index in [1.54, 1.807) is 37.3 Å². The molecule has 1 heterocycles. The van der Waals surface area contributed by atoms with Gasteiger partial charge < -0.3 is 10.4 Å². The van der Waals surface area contributed by atoms with Gasteiger partial charge in [-0.2, -0.15) is 5.10 Å². The maximum atomic E-state index is 11.5. The molecule has 1 unspecified atom stereocenters. The molecule has 0 aliphatic rings.